The summed E-state index contributed by atoms with van der Waals surface area (Å²) < 4.78 is 55.2. The maximum atomic E-state index is 12.1. The average molecular weight is 633 g/mol. The minimum atomic E-state index is -4.00. The number of fused-ring (bicyclic) bond motifs is 1. The summed E-state index contributed by atoms with van der Waals surface area (Å²) in [6.45, 7) is 0.807. The minimum absolute atomic E-state index is 0.0973. The minimum Gasteiger partial charge on any atom is -0.382 e. The van der Waals surface area contributed by atoms with E-state index < -0.39 is 21.2 Å². The van der Waals surface area contributed by atoms with Gasteiger partial charge in [0.2, 0.25) is 0 Å². The zero-order valence-corrected chi connectivity index (χ0v) is 26.5. The van der Waals surface area contributed by atoms with Gasteiger partial charge in [-0.05, 0) is 37.8 Å². The van der Waals surface area contributed by atoms with Crippen molar-refractivity contribution in [3.8, 4) is 0 Å². The molecule has 246 valence electrons. The third kappa shape index (κ3) is 14.9. The standard InChI is InChI=1S/C31H52F3N4O4P/c32-31(33,34)22-16-14-12-10-8-6-4-2-1-3-5-7-9-11-13-15-17-23-40-43(39)41-24-26-18-21-29(42-26)27-19-20-28-30(35)36-25-37-38(27)28/h19-20,25-26,29,39H,1-18,21-24H2,(H2,35,36,37). The van der Waals surface area contributed by atoms with Gasteiger partial charge in [0.15, 0.2) is 5.82 Å². The first-order chi connectivity index (χ1) is 20.8. The second kappa shape index (κ2) is 20.5. The summed E-state index contributed by atoms with van der Waals surface area (Å²) in [6.07, 6.45) is 17.0. The van der Waals surface area contributed by atoms with E-state index >= 15 is 0 Å². The number of nitrogens with two attached hydrogens (primary N) is 1. The molecule has 3 heterocycles. The molecule has 0 aromatic carbocycles. The number of alkyl halides is 3. The normalized spacial score (nSPS) is 18.1. The van der Waals surface area contributed by atoms with Crippen molar-refractivity contribution in [1.82, 2.24) is 14.6 Å². The van der Waals surface area contributed by atoms with Crippen LogP contribution in [0.25, 0.3) is 5.52 Å². The lowest BCUT2D eigenvalue weighted by Crippen LogP contribution is -2.14. The van der Waals surface area contributed by atoms with Crippen LogP contribution < -0.4 is 5.73 Å². The van der Waals surface area contributed by atoms with Crippen LogP contribution in [0.1, 0.15) is 140 Å². The number of aromatic nitrogens is 3. The number of hydrogen-bond acceptors (Lipinski definition) is 7. The van der Waals surface area contributed by atoms with Crippen LogP contribution in [-0.2, 0) is 13.8 Å². The van der Waals surface area contributed by atoms with Crippen molar-refractivity contribution in [2.24, 2.45) is 0 Å². The van der Waals surface area contributed by atoms with E-state index in [0.717, 1.165) is 56.2 Å². The van der Waals surface area contributed by atoms with Crippen molar-refractivity contribution in [3.05, 3.63) is 24.2 Å². The summed E-state index contributed by atoms with van der Waals surface area (Å²) in [7, 11) is -1.89. The summed E-state index contributed by atoms with van der Waals surface area (Å²) in [6, 6.07) is 3.86. The van der Waals surface area contributed by atoms with E-state index in [1.165, 1.54) is 70.5 Å². The first kappa shape index (κ1) is 36.0. The maximum Gasteiger partial charge on any atom is 0.389 e. The SMILES string of the molecule is Nc1ncnn2c(C3CCC(COP(O)OCCCCCCCCCCCCCCCCCCCC(F)(F)F)O3)ccc12. The third-order valence-corrected chi connectivity index (χ3v) is 8.90. The molecule has 8 nitrogen and oxygen atoms in total. The highest BCUT2D eigenvalue weighted by Crippen LogP contribution is 2.38. The van der Waals surface area contributed by atoms with E-state index in [0.29, 0.717) is 25.5 Å². The molecule has 0 saturated carbocycles. The zero-order chi connectivity index (χ0) is 30.8. The maximum absolute atomic E-state index is 12.1. The Hall–Kier alpha value is -1.52. The van der Waals surface area contributed by atoms with Gasteiger partial charge in [0.05, 0.1) is 25.0 Å². The van der Waals surface area contributed by atoms with E-state index in [-0.39, 0.29) is 18.6 Å². The number of hydrogen-bond donors (Lipinski definition) is 2. The molecule has 0 bridgehead atoms. The quantitative estimate of drug-likeness (QED) is 0.0878. The molecule has 3 rings (SSSR count). The Balaban J connectivity index is 1.04. The Kier molecular flexibility index (Phi) is 17.1. The van der Waals surface area contributed by atoms with Crippen LogP contribution in [0, 0.1) is 0 Å². The van der Waals surface area contributed by atoms with Crippen molar-refractivity contribution in [2.45, 2.75) is 147 Å². The van der Waals surface area contributed by atoms with Gasteiger partial charge in [-0.3, -0.25) is 0 Å². The fraction of sp³-hybridized carbons (Fsp3) is 0.806. The number of anilines is 1. The molecule has 3 atom stereocenters. The zero-order valence-electron chi connectivity index (χ0n) is 25.6. The topological polar surface area (TPSA) is 104 Å². The van der Waals surface area contributed by atoms with Crippen LogP contribution in [0.2, 0.25) is 0 Å². The highest BCUT2D eigenvalue weighted by molar-refractivity contribution is 7.40. The predicted molar refractivity (Wildman–Crippen MR) is 164 cm³/mol. The van der Waals surface area contributed by atoms with Crippen molar-refractivity contribution < 1.29 is 31.8 Å². The van der Waals surface area contributed by atoms with Gasteiger partial charge in [0, 0.05) is 6.42 Å². The smallest absolute Gasteiger partial charge is 0.382 e. The largest absolute Gasteiger partial charge is 0.389 e. The van der Waals surface area contributed by atoms with Crippen LogP contribution in [-0.4, -0.2) is 45.0 Å². The number of ether oxygens (including phenoxy) is 1. The summed E-state index contributed by atoms with van der Waals surface area (Å²) in [5.74, 6) is 0.438. The van der Waals surface area contributed by atoms with Gasteiger partial charge in [-0.25, -0.2) is 9.50 Å². The number of halogens is 3. The molecule has 43 heavy (non-hydrogen) atoms. The second-order valence-electron chi connectivity index (χ2n) is 11.8. The van der Waals surface area contributed by atoms with Gasteiger partial charge in [-0.2, -0.15) is 18.3 Å². The highest BCUT2D eigenvalue weighted by atomic mass is 31.2. The van der Waals surface area contributed by atoms with Crippen LogP contribution in [0.15, 0.2) is 18.5 Å². The van der Waals surface area contributed by atoms with E-state index in [2.05, 4.69) is 10.1 Å². The van der Waals surface area contributed by atoms with Gasteiger partial charge in [0.1, 0.15) is 17.9 Å². The monoisotopic (exact) mass is 632 g/mol. The van der Waals surface area contributed by atoms with Crippen molar-refractivity contribution in [2.75, 3.05) is 18.9 Å². The molecule has 0 spiro atoms. The molecule has 12 heteroatoms. The predicted octanol–water partition coefficient (Wildman–Crippen LogP) is 9.37. The molecular weight excluding hydrogens is 580 g/mol. The molecule has 3 N–H and O–H groups in total. The molecule has 1 aliphatic rings. The molecule has 0 amide bonds. The molecule has 1 fully saturated rings. The van der Waals surface area contributed by atoms with Gasteiger partial charge in [-0.1, -0.05) is 96.3 Å². The molecule has 3 unspecified atom stereocenters. The van der Waals surface area contributed by atoms with Gasteiger partial charge in [-0.15, -0.1) is 0 Å². The first-order valence-corrected chi connectivity index (χ1v) is 17.5. The third-order valence-electron chi connectivity index (χ3n) is 8.13. The fourth-order valence-corrected chi connectivity index (χ4v) is 6.32. The molecule has 0 aliphatic carbocycles. The van der Waals surface area contributed by atoms with Crippen LogP contribution in [0.3, 0.4) is 0 Å². The summed E-state index contributed by atoms with van der Waals surface area (Å²) in [5, 5.41) is 4.29. The van der Waals surface area contributed by atoms with E-state index in [1.54, 1.807) is 4.52 Å². The summed E-state index contributed by atoms with van der Waals surface area (Å²) in [5.41, 5.74) is 7.63. The molecule has 2 aromatic heterocycles. The van der Waals surface area contributed by atoms with Crippen molar-refractivity contribution in [3.63, 3.8) is 0 Å². The Morgan fingerprint density at radius 3 is 1.98 bits per heavy atom. The lowest BCUT2D eigenvalue weighted by atomic mass is 10.0. The molecule has 2 aromatic rings. The van der Waals surface area contributed by atoms with Crippen LogP contribution >= 0.6 is 8.60 Å². The van der Waals surface area contributed by atoms with Gasteiger partial charge in [0.25, 0.3) is 0 Å². The van der Waals surface area contributed by atoms with E-state index in [4.69, 9.17) is 19.5 Å². The number of unbranched alkanes of at least 4 members (excludes halogenated alkanes) is 16. The Morgan fingerprint density at radius 1 is 0.837 bits per heavy atom. The average Bonchev–Trinajstić information content (AvgIpc) is 3.62. The first-order valence-electron chi connectivity index (χ1n) is 16.4. The van der Waals surface area contributed by atoms with E-state index in [1.807, 2.05) is 12.1 Å². The molecular formula is C31H52F3N4O4P. The molecule has 1 saturated heterocycles. The highest BCUT2D eigenvalue weighted by Gasteiger charge is 2.30. The number of rotatable bonds is 24. The van der Waals surface area contributed by atoms with E-state index in [9.17, 15) is 18.1 Å². The number of nitrogen functional groups attached to an aromatic ring is 1. The Morgan fingerprint density at radius 2 is 1.40 bits per heavy atom. The summed E-state index contributed by atoms with van der Waals surface area (Å²) >= 11 is 0. The molecule has 0 radical (unpaired) electrons. The van der Waals surface area contributed by atoms with Crippen molar-refractivity contribution in [1.29, 1.82) is 0 Å². The van der Waals surface area contributed by atoms with Gasteiger partial charge < -0.3 is 24.4 Å². The van der Waals surface area contributed by atoms with Gasteiger partial charge >= 0.3 is 14.8 Å². The van der Waals surface area contributed by atoms with Crippen molar-refractivity contribution >= 4 is 19.9 Å². The Bertz CT molecular complexity index is 1010. The lowest BCUT2D eigenvalue weighted by molar-refractivity contribution is -0.135. The second-order valence-corrected chi connectivity index (χ2v) is 12.8. The number of nitrogens with zero attached hydrogens (tertiary/aromatic N) is 3. The lowest BCUT2D eigenvalue weighted by Gasteiger charge is -2.16. The molecule has 1 aliphatic heterocycles. The van der Waals surface area contributed by atoms with Crippen LogP contribution in [0.4, 0.5) is 19.0 Å². The van der Waals surface area contributed by atoms with Crippen LogP contribution in [0.5, 0.6) is 0 Å². The summed E-state index contributed by atoms with van der Waals surface area (Å²) in [4.78, 5) is 14.1. The fourth-order valence-electron chi connectivity index (χ4n) is 5.67. The Labute approximate surface area is 256 Å².